The molecular formula is C15H13FO3. The number of methoxy groups -OCH3 is 1. The molecule has 0 saturated heterocycles. The number of halogens is 1. The number of hydrogen-bond donors (Lipinski definition) is 1. The molecule has 0 amide bonds. The van der Waals surface area contributed by atoms with Gasteiger partial charge in [-0.15, -0.1) is 0 Å². The van der Waals surface area contributed by atoms with Gasteiger partial charge in [-0.3, -0.25) is 0 Å². The highest BCUT2D eigenvalue weighted by Crippen LogP contribution is 2.23. The van der Waals surface area contributed by atoms with Gasteiger partial charge in [0, 0.05) is 0 Å². The third-order valence-corrected chi connectivity index (χ3v) is 2.81. The highest BCUT2D eigenvalue weighted by atomic mass is 19.1. The molecule has 0 aliphatic rings. The van der Waals surface area contributed by atoms with Crippen LogP contribution < -0.4 is 0 Å². The molecule has 2 aromatic carbocycles. The Bertz CT molecular complexity index is 578. The Morgan fingerprint density at radius 3 is 2.47 bits per heavy atom. The zero-order chi connectivity index (χ0) is 13.8. The fourth-order valence-corrected chi connectivity index (χ4v) is 1.79. The number of benzene rings is 2. The van der Waals surface area contributed by atoms with E-state index in [0.29, 0.717) is 16.7 Å². The van der Waals surface area contributed by atoms with Crippen LogP contribution >= 0.6 is 0 Å². The van der Waals surface area contributed by atoms with Crippen molar-refractivity contribution in [2.24, 2.45) is 0 Å². The molecule has 1 N–H and O–H groups in total. The van der Waals surface area contributed by atoms with Gasteiger partial charge in [-0.1, -0.05) is 24.3 Å². The van der Waals surface area contributed by atoms with Gasteiger partial charge in [-0.25, -0.2) is 9.18 Å². The molecule has 2 aromatic rings. The summed E-state index contributed by atoms with van der Waals surface area (Å²) in [5, 5.41) is 10.2. The predicted octanol–water partition coefficient (Wildman–Crippen LogP) is 2.69. The summed E-state index contributed by atoms with van der Waals surface area (Å²) < 4.78 is 17.4. The lowest BCUT2D eigenvalue weighted by Crippen LogP contribution is -2.05. The number of carbonyl (C=O) groups is 1. The lowest BCUT2D eigenvalue weighted by molar-refractivity contribution is 0.0600. The van der Waals surface area contributed by atoms with Crippen molar-refractivity contribution in [1.29, 1.82) is 0 Å². The number of rotatable bonds is 3. The first kappa shape index (κ1) is 13.2. The maximum atomic E-state index is 12.8. The molecule has 4 heteroatoms. The summed E-state index contributed by atoms with van der Waals surface area (Å²) >= 11 is 0. The average Bonchev–Trinajstić information content (AvgIpc) is 2.46. The molecule has 0 aromatic heterocycles. The summed E-state index contributed by atoms with van der Waals surface area (Å²) in [4.78, 5) is 11.4. The summed E-state index contributed by atoms with van der Waals surface area (Å²) in [5.41, 5.74) is 1.47. The predicted molar refractivity (Wildman–Crippen MR) is 68.2 cm³/mol. The third-order valence-electron chi connectivity index (χ3n) is 2.81. The molecule has 0 bridgehead atoms. The average molecular weight is 260 g/mol. The van der Waals surface area contributed by atoms with Crippen LogP contribution in [0.1, 0.15) is 27.6 Å². The molecule has 98 valence electrons. The second kappa shape index (κ2) is 5.63. The first-order valence-corrected chi connectivity index (χ1v) is 5.73. The van der Waals surface area contributed by atoms with E-state index in [2.05, 4.69) is 4.74 Å². The van der Waals surface area contributed by atoms with E-state index < -0.39 is 12.1 Å². The van der Waals surface area contributed by atoms with Crippen LogP contribution in [0.15, 0.2) is 48.5 Å². The number of esters is 1. The molecule has 0 radical (unpaired) electrons. The molecule has 3 nitrogen and oxygen atoms in total. The second-order valence-electron chi connectivity index (χ2n) is 4.07. The van der Waals surface area contributed by atoms with Crippen LogP contribution in [0.3, 0.4) is 0 Å². The van der Waals surface area contributed by atoms with Gasteiger partial charge in [-0.2, -0.15) is 0 Å². The van der Waals surface area contributed by atoms with Crippen molar-refractivity contribution in [2.45, 2.75) is 6.10 Å². The van der Waals surface area contributed by atoms with Crippen molar-refractivity contribution in [3.8, 4) is 0 Å². The minimum Gasteiger partial charge on any atom is -0.465 e. The van der Waals surface area contributed by atoms with Gasteiger partial charge >= 0.3 is 5.97 Å². The van der Waals surface area contributed by atoms with Gasteiger partial charge in [0.05, 0.1) is 12.7 Å². The third kappa shape index (κ3) is 2.98. The smallest absolute Gasteiger partial charge is 0.337 e. The SMILES string of the molecule is COC(=O)c1cccc(C(O)c2ccc(F)cc2)c1. The second-order valence-corrected chi connectivity index (χ2v) is 4.07. The monoisotopic (exact) mass is 260 g/mol. The number of carbonyl (C=O) groups excluding carboxylic acids is 1. The van der Waals surface area contributed by atoms with E-state index in [0.717, 1.165) is 0 Å². The summed E-state index contributed by atoms with van der Waals surface area (Å²) in [6.07, 6.45) is -0.912. The molecule has 0 saturated carbocycles. The molecule has 0 aliphatic carbocycles. The molecule has 19 heavy (non-hydrogen) atoms. The van der Waals surface area contributed by atoms with Crippen LogP contribution in [0.4, 0.5) is 4.39 Å². The Kier molecular flexibility index (Phi) is 3.92. The Balaban J connectivity index is 2.31. The lowest BCUT2D eigenvalue weighted by atomic mass is 10.00. The molecule has 1 atom stereocenters. The van der Waals surface area contributed by atoms with E-state index in [9.17, 15) is 14.3 Å². The van der Waals surface area contributed by atoms with Crippen LogP contribution in [0.25, 0.3) is 0 Å². The van der Waals surface area contributed by atoms with E-state index in [-0.39, 0.29) is 5.82 Å². The van der Waals surface area contributed by atoms with E-state index in [1.165, 1.54) is 31.4 Å². The van der Waals surface area contributed by atoms with Crippen molar-refractivity contribution >= 4 is 5.97 Å². The van der Waals surface area contributed by atoms with Gasteiger partial charge < -0.3 is 9.84 Å². The molecule has 2 rings (SSSR count). The zero-order valence-electron chi connectivity index (χ0n) is 10.3. The highest BCUT2D eigenvalue weighted by Gasteiger charge is 2.13. The number of ether oxygens (including phenoxy) is 1. The van der Waals surface area contributed by atoms with E-state index in [4.69, 9.17) is 0 Å². The fourth-order valence-electron chi connectivity index (χ4n) is 1.79. The maximum Gasteiger partial charge on any atom is 0.337 e. The first-order chi connectivity index (χ1) is 9.11. The Morgan fingerprint density at radius 1 is 1.16 bits per heavy atom. The van der Waals surface area contributed by atoms with Gasteiger partial charge in [0.1, 0.15) is 11.9 Å². The van der Waals surface area contributed by atoms with E-state index >= 15 is 0 Å². The number of aliphatic hydroxyl groups excluding tert-OH is 1. The Labute approximate surface area is 110 Å². The molecule has 0 fully saturated rings. The molecule has 0 spiro atoms. The summed E-state index contributed by atoms with van der Waals surface area (Å²) in [6.45, 7) is 0. The van der Waals surface area contributed by atoms with Gasteiger partial charge in [0.25, 0.3) is 0 Å². The summed E-state index contributed by atoms with van der Waals surface area (Å²) in [5.74, 6) is -0.826. The largest absolute Gasteiger partial charge is 0.465 e. The first-order valence-electron chi connectivity index (χ1n) is 5.73. The molecule has 0 heterocycles. The standard InChI is InChI=1S/C15H13FO3/c1-19-15(18)12-4-2-3-11(9-12)14(17)10-5-7-13(16)8-6-10/h2-9,14,17H,1H3. The van der Waals surface area contributed by atoms with Gasteiger partial charge in [-0.05, 0) is 35.4 Å². The minimum atomic E-state index is -0.912. The van der Waals surface area contributed by atoms with Crippen molar-refractivity contribution in [2.75, 3.05) is 7.11 Å². The molecular weight excluding hydrogens is 247 g/mol. The molecule has 0 aliphatic heterocycles. The van der Waals surface area contributed by atoms with Crippen molar-refractivity contribution in [3.05, 3.63) is 71.0 Å². The Hall–Kier alpha value is -2.20. The van der Waals surface area contributed by atoms with Crippen LogP contribution in [0.5, 0.6) is 0 Å². The van der Waals surface area contributed by atoms with Gasteiger partial charge in [0.15, 0.2) is 0 Å². The molecule has 1 unspecified atom stereocenters. The van der Waals surface area contributed by atoms with Crippen LogP contribution in [-0.4, -0.2) is 18.2 Å². The van der Waals surface area contributed by atoms with E-state index in [1.807, 2.05) is 0 Å². The lowest BCUT2D eigenvalue weighted by Gasteiger charge is -2.12. The maximum absolute atomic E-state index is 12.8. The number of aliphatic hydroxyl groups is 1. The quantitative estimate of drug-likeness (QED) is 0.863. The minimum absolute atomic E-state index is 0.362. The summed E-state index contributed by atoms with van der Waals surface area (Å²) in [7, 11) is 1.30. The topological polar surface area (TPSA) is 46.5 Å². The van der Waals surface area contributed by atoms with Gasteiger partial charge in [0.2, 0.25) is 0 Å². The summed E-state index contributed by atoms with van der Waals surface area (Å²) in [6, 6.07) is 12.1. The van der Waals surface area contributed by atoms with Crippen molar-refractivity contribution in [3.63, 3.8) is 0 Å². The highest BCUT2D eigenvalue weighted by molar-refractivity contribution is 5.89. The van der Waals surface area contributed by atoms with Crippen LogP contribution in [0, 0.1) is 5.82 Å². The zero-order valence-corrected chi connectivity index (χ0v) is 10.3. The van der Waals surface area contributed by atoms with Crippen molar-refractivity contribution < 1.29 is 19.0 Å². The fraction of sp³-hybridized carbons (Fsp3) is 0.133. The number of hydrogen-bond acceptors (Lipinski definition) is 3. The van der Waals surface area contributed by atoms with Crippen molar-refractivity contribution in [1.82, 2.24) is 0 Å². The van der Waals surface area contributed by atoms with Crippen LogP contribution in [-0.2, 0) is 4.74 Å². The Morgan fingerprint density at radius 2 is 1.84 bits per heavy atom. The van der Waals surface area contributed by atoms with Crippen LogP contribution in [0.2, 0.25) is 0 Å². The normalized spacial score (nSPS) is 11.9. The van der Waals surface area contributed by atoms with E-state index in [1.54, 1.807) is 24.3 Å².